The summed E-state index contributed by atoms with van der Waals surface area (Å²) in [6.07, 6.45) is 0.352. The van der Waals surface area contributed by atoms with Crippen molar-refractivity contribution >= 4 is 17.5 Å². The number of rotatable bonds is 4. The van der Waals surface area contributed by atoms with Gasteiger partial charge in [0, 0.05) is 16.8 Å². The van der Waals surface area contributed by atoms with Crippen LogP contribution in [0, 0.1) is 11.6 Å². The summed E-state index contributed by atoms with van der Waals surface area (Å²) in [6, 6.07) is 9.83. The van der Waals surface area contributed by atoms with Gasteiger partial charge in [0.05, 0.1) is 23.4 Å². The molecule has 27 heavy (non-hydrogen) atoms. The van der Waals surface area contributed by atoms with Crippen LogP contribution in [0.15, 0.2) is 53.6 Å². The first kappa shape index (κ1) is 17.4. The monoisotopic (exact) mass is 370 g/mol. The van der Waals surface area contributed by atoms with Crippen molar-refractivity contribution in [3.63, 3.8) is 0 Å². The Hall–Kier alpha value is -3.06. The number of fused-ring (bicyclic) bond motifs is 2. The van der Waals surface area contributed by atoms with Crippen LogP contribution in [0.2, 0.25) is 0 Å². The third-order valence-corrected chi connectivity index (χ3v) is 4.85. The molecule has 7 heteroatoms. The van der Waals surface area contributed by atoms with Crippen LogP contribution in [0.5, 0.6) is 0 Å². The zero-order valence-corrected chi connectivity index (χ0v) is 14.2. The van der Waals surface area contributed by atoms with Crippen LogP contribution in [0.25, 0.3) is 11.1 Å². The highest BCUT2D eigenvalue weighted by Crippen LogP contribution is 2.39. The molecule has 3 N–H and O–H groups in total. The van der Waals surface area contributed by atoms with Crippen LogP contribution in [0.4, 0.5) is 14.5 Å². The fourth-order valence-electron chi connectivity index (χ4n) is 3.66. The standard InChI is InChI=1S/C20H16F2N2O3/c21-13-4-2-1-3-11(13)12-6-5-10(9-14(12)22)24-20(26)18-16-8-7-15(27-16)17(18)19(23)25/h1-6,9,15-16H,7-8H2,(H2,23,25)(H,24,26)/t15-,16+/m1/s1. The van der Waals surface area contributed by atoms with Gasteiger partial charge in [0.25, 0.3) is 5.91 Å². The zero-order valence-electron chi connectivity index (χ0n) is 14.2. The fourth-order valence-corrected chi connectivity index (χ4v) is 3.66. The van der Waals surface area contributed by atoms with Crippen molar-refractivity contribution in [1.82, 2.24) is 0 Å². The molecule has 2 bridgehead atoms. The fraction of sp³-hybridized carbons (Fsp3) is 0.200. The topological polar surface area (TPSA) is 81.4 Å². The molecule has 5 nitrogen and oxygen atoms in total. The number of hydrogen-bond acceptors (Lipinski definition) is 3. The van der Waals surface area contributed by atoms with E-state index in [9.17, 15) is 18.4 Å². The number of carbonyl (C=O) groups is 2. The van der Waals surface area contributed by atoms with Crippen LogP contribution in [0.3, 0.4) is 0 Å². The molecule has 0 unspecified atom stereocenters. The molecule has 2 heterocycles. The normalized spacial score (nSPS) is 20.8. The van der Waals surface area contributed by atoms with Gasteiger partial charge in [-0.2, -0.15) is 0 Å². The van der Waals surface area contributed by atoms with Crippen LogP contribution < -0.4 is 11.1 Å². The number of halogens is 2. The molecular weight excluding hydrogens is 354 g/mol. The molecule has 138 valence electrons. The lowest BCUT2D eigenvalue weighted by molar-refractivity contribution is -0.116. The Labute approximate surface area is 153 Å². The molecule has 2 aliphatic rings. The van der Waals surface area contributed by atoms with Crippen molar-refractivity contribution in [3.05, 3.63) is 65.2 Å². The maximum atomic E-state index is 14.5. The van der Waals surface area contributed by atoms with Crippen molar-refractivity contribution in [2.24, 2.45) is 5.73 Å². The van der Waals surface area contributed by atoms with Gasteiger partial charge >= 0.3 is 0 Å². The summed E-state index contributed by atoms with van der Waals surface area (Å²) in [5, 5.41) is 2.57. The summed E-state index contributed by atoms with van der Waals surface area (Å²) in [5.74, 6) is -2.45. The maximum absolute atomic E-state index is 14.5. The lowest BCUT2D eigenvalue weighted by Gasteiger charge is -2.15. The molecule has 1 saturated heterocycles. The molecule has 2 aliphatic heterocycles. The molecule has 0 radical (unpaired) electrons. The molecule has 1 fully saturated rings. The number of hydrogen-bond donors (Lipinski definition) is 2. The van der Waals surface area contributed by atoms with E-state index in [1.165, 1.54) is 30.3 Å². The van der Waals surface area contributed by atoms with Crippen molar-refractivity contribution in [2.45, 2.75) is 25.0 Å². The summed E-state index contributed by atoms with van der Waals surface area (Å²) in [5.41, 5.74) is 6.18. The van der Waals surface area contributed by atoms with Crippen molar-refractivity contribution in [2.75, 3.05) is 5.32 Å². The van der Waals surface area contributed by atoms with Crippen molar-refractivity contribution in [1.29, 1.82) is 0 Å². The Morgan fingerprint density at radius 2 is 1.63 bits per heavy atom. The van der Waals surface area contributed by atoms with E-state index in [0.29, 0.717) is 12.8 Å². The average molecular weight is 370 g/mol. The van der Waals surface area contributed by atoms with E-state index in [2.05, 4.69) is 5.32 Å². The summed E-state index contributed by atoms with van der Waals surface area (Å²) < 4.78 is 33.9. The number of primary amides is 1. The molecular formula is C20H16F2N2O3. The Morgan fingerprint density at radius 3 is 2.30 bits per heavy atom. The summed E-state index contributed by atoms with van der Waals surface area (Å²) in [7, 11) is 0. The first-order chi connectivity index (χ1) is 13.0. The number of benzene rings is 2. The molecule has 0 spiro atoms. The largest absolute Gasteiger partial charge is 0.366 e. The minimum absolute atomic E-state index is 0.0893. The third-order valence-electron chi connectivity index (χ3n) is 4.85. The van der Waals surface area contributed by atoms with E-state index >= 15 is 0 Å². The van der Waals surface area contributed by atoms with Gasteiger partial charge in [0.15, 0.2) is 0 Å². The Kier molecular flexibility index (Phi) is 4.24. The molecule has 2 aromatic rings. The van der Waals surface area contributed by atoms with Gasteiger partial charge in [0.1, 0.15) is 11.6 Å². The molecule has 2 aromatic carbocycles. The van der Waals surface area contributed by atoms with E-state index in [0.717, 1.165) is 6.07 Å². The second kappa shape index (κ2) is 6.59. The van der Waals surface area contributed by atoms with E-state index < -0.39 is 35.7 Å². The van der Waals surface area contributed by atoms with Crippen LogP contribution in [-0.2, 0) is 14.3 Å². The van der Waals surface area contributed by atoms with Crippen LogP contribution >= 0.6 is 0 Å². The molecule has 0 aromatic heterocycles. The highest BCUT2D eigenvalue weighted by molar-refractivity contribution is 6.11. The lowest BCUT2D eigenvalue weighted by Crippen LogP contribution is -2.28. The van der Waals surface area contributed by atoms with Crippen LogP contribution in [0.1, 0.15) is 12.8 Å². The summed E-state index contributed by atoms with van der Waals surface area (Å²) in [6.45, 7) is 0. The third kappa shape index (κ3) is 3.00. The number of anilines is 1. The summed E-state index contributed by atoms with van der Waals surface area (Å²) >= 11 is 0. The van der Waals surface area contributed by atoms with Crippen LogP contribution in [-0.4, -0.2) is 24.0 Å². The van der Waals surface area contributed by atoms with Gasteiger partial charge in [-0.15, -0.1) is 0 Å². The van der Waals surface area contributed by atoms with Gasteiger partial charge < -0.3 is 15.8 Å². The van der Waals surface area contributed by atoms with E-state index in [4.69, 9.17) is 10.5 Å². The first-order valence-corrected chi connectivity index (χ1v) is 8.51. The number of nitrogens with one attached hydrogen (secondary N) is 1. The van der Waals surface area contributed by atoms with E-state index in [1.54, 1.807) is 6.07 Å². The van der Waals surface area contributed by atoms with Gasteiger partial charge in [-0.05, 0) is 37.1 Å². The average Bonchev–Trinajstić information content (AvgIpc) is 3.24. The quantitative estimate of drug-likeness (QED) is 0.868. The van der Waals surface area contributed by atoms with Crippen molar-refractivity contribution in [3.8, 4) is 11.1 Å². The van der Waals surface area contributed by atoms with Gasteiger partial charge in [0.2, 0.25) is 5.91 Å². The van der Waals surface area contributed by atoms with Gasteiger partial charge in [-0.3, -0.25) is 9.59 Å². The smallest absolute Gasteiger partial charge is 0.254 e. The SMILES string of the molecule is NC(=O)C1=C(C(=O)Nc2ccc(-c3ccccc3F)c(F)c2)[C@@H]2CC[C@H]1O2. The molecule has 0 saturated carbocycles. The minimum atomic E-state index is -0.687. The Morgan fingerprint density at radius 1 is 0.963 bits per heavy atom. The predicted molar refractivity (Wildman–Crippen MR) is 94.5 cm³/mol. The minimum Gasteiger partial charge on any atom is -0.366 e. The Balaban J connectivity index is 1.61. The van der Waals surface area contributed by atoms with E-state index in [1.807, 2.05) is 0 Å². The lowest BCUT2D eigenvalue weighted by atomic mass is 9.90. The molecule has 2 atom stereocenters. The van der Waals surface area contributed by atoms with E-state index in [-0.39, 0.29) is 28.0 Å². The zero-order chi connectivity index (χ0) is 19.1. The highest BCUT2D eigenvalue weighted by Gasteiger charge is 2.45. The number of nitrogens with two attached hydrogens (primary N) is 1. The molecule has 2 amide bonds. The highest BCUT2D eigenvalue weighted by atomic mass is 19.1. The molecule has 0 aliphatic carbocycles. The number of amides is 2. The second-order valence-corrected chi connectivity index (χ2v) is 6.51. The number of carbonyl (C=O) groups excluding carboxylic acids is 2. The van der Waals surface area contributed by atoms with Gasteiger partial charge in [-0.1, -0.05) is 18.2 Å². The Bertz CT molecular complexity index is 987. The second-order valence-electron chi connectivity index (χ2n) is 6.51. The van der Waals surface area contributed by atoms with Gasteiger partial charge in [-0.25, -0.2) is 8.78 Å². The molecule has 4 rings (SSSR count). The summed E-state index contributed by atoms with van der Waals surface area (Å²) in [4.78, 5) is 24.3. The first-order valence-electron chi connectivity index (χ1n) is 8.51. The number of ether oxygens (including phenoxy) is 1. The van der Waals surface area contributed by atoms with Crippen molar-refractivity contribution < 1.29 is 23.1 Å². The predicted octanol–water partition coefficient (Wildman–Crippen LogP) is 2.91. The maximum Gasteiger partial charge on any atom is 0.254 e.